The van der Waals surface area contributed by atoms with E-state index in [1.807, 2.05) is 6.07 Å². The third-order valence-electron chi connectivity index (χ3n) is 3.09. The number of nitriles is 1. The van der Waals surface area contributed by atoms with E-state index in [-0.39, 0.29) is 11.1 Å². The maximum absolute atomic E-state index is 11.8. The maximum atomic E-state index is 11.8. The van der Waals surface area contributed by atoms with Gasteiger partial charge in [0.1, 0.15) is 23.2 Å². The summed E-state index contributed by atoms with van der Waals surface area (Å²) in [6, 6.07) is 11.4. The van der Waals surface area contributed by atoms with Crippen LogP contribution in [0.3, 0.4) is 0 Å². The van der Waals surface area contributed by atoms with E-state index in [1.165, 1.54) is 23.1 Å². The first-order chi connectivity index (χ1) is 10.9. The molecule has 2 aromatic rings. The normalized spacial score (nSPS) is 10.9. The highest BCUT2D eigenvalue weighted by molar-refractivity contribution is 6.01. The number of carbonyl (C=O) groups excluding carboxylic acids is 1. The molecule has 1 heterocycles. The standard InChI is InChI=1S/C17H14N2O4/c1-19(2)16(20)13(10-18)9-14-7-8-15(23-14)11-3-5-12(6-4-11)17(21)22/h3-9H,1-2H3,(H,21,22)/b13-9-. The fraction of sp³-hybridized carbons (Fsp3) is 0.118. The van der Waals surface area contributed by atoms with Crippen LogP contribution in [0.25, 0.3) is 17.4 Å². The number of amides is 1. The largest absolute Gasteiger partial charge is 0.478 e. The topological polar surface area (TPSA) is 94.5 Å². The van der Waals surface area contributed by atoms with Crippen LogP contribution >= 0.6 is 0 Å². The Bertz CT molecular complexity index is 808. The molecular weight excluding hydrogens is 296 g/mol. The van der Waals surface area contributed by atoms with Crippen molar-refractivity contribution < 1.29 is 19.1 Å². The molecule has 1 amide bonds. The van der Waals surface area contributed by atoms with E-state index >= 15 is 0 Å². The lowest BCUT2D eigenvalue weighted by Crippen LogP contribution is -2.22. The Labute approximate surface area is 132 Å². The molecule has 116 valence electrons. The van der Waals surface area contributed by atoms with Gasteiger partial charge in [-0.15, -0.1) is 0 Å². The fourth-order valence-electron chi connectivity index (χ4n) is 1.89. The molecule has 2 rings (SSSR count). The maximum Gasteiger partial charge on any atom is 0.335 e. The van der Waals surface area contributed by atoms with Gasteiger partial charge in [0.05, 0.1) is 5.56 Å². The quantitative estimate of drug-likeness (QED) is 0.692. The van der Waals surface area contributed by atoms with Gasteiger partial charge < -0.3 is 14.4 Å². The summed E-state index contributed by atoms with van der Waals surface area (Å²) < 4.78 is 5.59. The summed E-state index contributed by atoms with van der Waals surface area (Å²) in [7, 11) is 3.12. The highest BCUT2D eigenvalue weighted by Crippen LogP contribution is 2.24. The van der Waals surface area contributed by atoms with Crippen LogP contribution in [0, 0.1) is 11.3 Å². The molecule has 1 N–H and O–H groups in total. The zero-order chi connectivity index (χ0) is 17.0. The third-order valence-corrected chi connectivity index (χ3v) is 3.09. The third kappa shape index (κ3) is 3.66. The zero-order valence-corrected chi connectivity index (χ0v) is 12.6. The van der Waals surface area contributed by atoms with Gasteiger partial charge in [-0.2, -0.15) is 5.26 Å². The second-order valence-corrected chi connectivity index (χ2v) is 4.95. The van der Waals surface area contributed by atoms with Crippen molar-refractivity contribution in [1.29, 1.82) is 5.26 Å². The molecule has 6 nitrogen and oxygen atoms in total. The van der Waals surface area contributed by atoms with Gasteiger partial charge in [0.15, 0.2) is 0 Å². The Balaban J connectivity index is 2.28. The fourth-order valence-corrected chi connectivity index (χ4v) is 1.89. The predicted octanol–water partition coefficient (Wildman–Crippen LogP) is 2.64. The van der Waals surface area contributed by atoms with Crippen molar-refractivity contribution in [3.05, 3.63) is 53.3 Å². The number of hydrogen-bond acceptors (Lipinski definition) is 4. The van der Waals surface area contributed by atoms with Crippen LogP contribution in [0.4, 0.5) is 0 Å². The molecule has 0 atom stereocenters. The number of carboxylic acid groups (broad SMARTS) is 1. The van der Waals surface area contributed by atoms with Gasteiger partial charge in [-0.05, 0) is 24.3 Å². The molecule has 0 spiro atoms. The van der Waals surface area contributed by atoms with Crippen molar-refractivity contribution in [2.45, 2.75) is 0 Å². The Morgan fingerprint density at radius 3 is 2.35 bits per heavy atom. The van der Waals surface area contributed by atoms with Gasteiger partial charge in [0.25, 0.3) is 5.91 Å². The molecule has 23 heavy (non-hydrogen) atoms. The number of nitrogens with zero attached hydrogens (tertiary/aromatic N) is 2. The van der Waals surface area contributed by atoms with E-state index in [2.05, 4.69) is 0 Å². The minimum atomic E-state index is -1.000. The van der Waals surface area contributed by atoms with Crippen molar-refractivity contribution in [1.82, 2.24) is 4.90 Å². The average molecular weight is 310 g/mol. The van der Waals surface area contributed by atoms with Crippen LogP contribution in [0.5, 0.6) is 0 Å². The molecule has 0 aliphatic rings. The molecule has 0 aliphatic carbocycles. The Morgan fingerprint density at radius 2 is 1.83 bits per heavy atom. The van der Waals surface area contributed by atoms with E-state index in [4.69, 9.17) is 14.8 Å². The van der Waals surface area contributed by atoms with Crippen molar-refractivity contribution in [2.24, 2.45) is 0 Å². The highest BCUT2D eigenvalue weighted by Gasteiger charge is 2.13. The van der Waals surface area contributed by atoms with Crippen LogP contribution in [0.2, 0.25) is 0 Å². The minimum Gasteiger partial charge on any atom is -0.478 e. The summed E-state index contributed by atoms with van der Waals surface area (Å²) in [5.74, 6) is -0.520. The minimum absolute atomic E-state index is 0.0304. The van der Waals surface area contributed by atoms with Gasteiger partial charge in [-0.25, -0.2) is 4.79 Å². The van der Waals surface area contributed by atoms with Crippen molar-refractivity contribution in [3.8, 4) is 17.4 Å². The van der Waals surface area contributed by atoms with Crippen LogP contribution in [-0.4, -0.2) is 36.0 Å². The van der Waals surface area contributed by atoms with Gasteiger partial charge >= 0.3 is 5.97 Å². The second-order valence-electron chi connectivity index (χ2n) is 4.95. The molecule has 0 unspecified atom stereocenters. The average Bonchev–Trinajstić information content (AvgIpc) is 3.00. The van der Waals surface area contributed by atoms with Crippen LogP contribution in [0.1, 0.15) is 16.1 Å². The van der Waals surface area contributed by atoms with Crippen molar-refractivity contribution >= 4 is 18.0 Å². The SMILES string of the molecule is CN(C)C(=O)/C(C#N)=C\c1ccc(-c2ccc(C(=O)O)cc2)o1. The molecule has 0 radical (unpaired) electrons. The van der Waals surface area contributed by atoms with Crippen molar-refractivity contribution in [2.75, 3.05) is 14.1 Å². The Morgan fingerprint density at radius 1 is 1.17 bits per heavy atom. The summed E-state index contributed by atoms with van der Waals surface area (Å²) >= 11 is 0. The number of aromatic carboxylic acids is 1. The van der Waals surface area contributed by atoms with Crippen molar-refractivity contribution in [3.63, 3.8) is 0 Å². The smallest absolute Gasteiger partial charge is 0.335 e. The number of rotatable bonds is 4. The van der Waals surface area contributed by atoms with Gasteiger partial charge in [0.2, 0.25) is 0 Å². The number of likely N-dealkylation sites (N-methyl/N-ethyl adjacent to an activating group) is 1. The zero-order valence-electron chi connectivity index (χ0n) is 12.6. The molecule has 0 fully saturated rings. The van der Waals surface area contributed by atoms with Gasteiger partial charge in [0, 0.05) is 25.7 Å². The summed E-state index contributed by atoms with van der Waals surface area (Å²) in [6.07, 6.45) is 1.37. The number of hydrogen-bond donors (Lipinski definition) is 1. The monoisotopic (exact) mass is 310 g/mol. The number of benzene rings is 1. The molecule has 1 aromatic heterocycles. The first-order valence-electron chi connectivity index (χ1n) is 6.69. The molecule has 0 saturated heterocycles. The lowest BCUT2D eigenvalue weighted by Gasteiger charge is -2.07. The molecule has 0 saturated carbocycles. The van der Waals surface area contributed by atoms with E-state index < -0.39 is 11.9 Å². The molecule has 0 aliphatic heterocycles. The predicted molar refractivity (Wildman–Crippen MR) is 83.4 cm³/mol. The Kier molecular flexibility index (Phi) is 4.62. The highest BCUT2D eigenvalue weighted by atomic mass is 16.4. The summed E-state index contributed by atoms with van der Waals surface area (Å²) in [6.45, 7) is 0. The first-order valence-corrected chi connectivity index (χ1v) is 6.69. The van der Waals surface area contributed by atoms with E-state index in [0.29, 0.717) is 17.1 Å². The molecular formula is C17H14N2O4. The van der Waals surface area contributed by atoms with E-state index in [0.717, 1.165) is 0 Å². The Hall–Kier alpha value is -3.33. The molecule has 0 bridgehead atoms. The summed E-state index contributed by atoms with van der Waals surface area (Å²) in [5.41, 5.74) is 0.855. The summed E-state index contributed by atoms with van der Waals surface area (Å²) in [5, 5.41) is 17.9. The number of carboxylic acids is 1. The van der Waals surface area contributed by atoms with Gasteiger partial charge in [-0.3, -0.25) is 4.79 Å². The molecule has 1 aromatic carbocycles. The van der Waals surface area contributed by atoms with Crippen LogP contribution < -0.4 is 0 Å². The summed E-state index contributed by atoms with van der Waals surface area (Å²) in [4.78, 5) is 23.9. The lowest BCUT2D eigenvalue weighted by molar-refractivity contribution is -0.124. The van der Waals surface area contributed by atoms with Crippen LogP contribution in [0.15, 0.2) is 46.4 Å². The lowest BCUT2D eigenvalue weighted by atomic mass is 10.1. The van der Waals surface area contributed by atoms with Gasteiger partial charge in [-0.1, -0.05) is 12.1 Å². The number of carbonyl (C=O) groups is 2. The number of furan rings is 1. The van der Waals surface area contributed by atoms with Crippen LogP contribution in [-0.2, 0) is 4.79 Å². The second kappa shape index (κ2) is 6.62. The van der Waals surface area contributed by atoms with E-state index in [9.17, 15) is 9.59 Å². The first kappa shape index (κ1) is 16.0. The molecule has 6 heteroatoms. The van der Waals surface area contributed by atoms with E-state index in [1.54, 1.807) is 38.4 Å².